The van der Waals surface area contributed by atoms with Gasteiger partial charge in [0.2, 0.25) is 0 Å². The molecular formula is C13H15F4N. The van der Waals surface area contributed by atoms with E-state index in [1.807, 2.05) is 7.05 Å². The molecule has 0 bridgehead atoms. The maximum Gasteiger partial charge on any atom is 0.419 e. The number of rotatable bonds is 1. The van der Waals surface area contributed by atoms with Gasteiger partial charge in [0.1, 0.15) is 5.82 Å². The molecule has 2 rings (SSSR count). The number of hydrogen-bond donors (Lipinski definition) is 0. The standard InChI is InChI=1S/C13H15F4N/c1-18-6-4-9(5-7-18)10-2-3-11(12(14)8-10)13(15,16)17/h2-3,8-9H,4-7H2,1H3. The van der Waals surface area contributed by atoms with Crippen molar-refractivity contribution in [3.8, 4) is 0 Å². The molecular weight excluding hydrogens is 246 g/mol. The Kier molecular flexibility index (Phi) is 3.61. The second-order valence-electron chi connectivity index (χ2n) is 4.81. The summed E-state index contributed by atoms with van der Waals surface area (Å²) in [5, 5.41) is 0. The van der Waals surface area contributed by atoms with Crippen molar-refractivity contribution in [2.45, 2.75) is 24.9 Å². The molecule has 0 amide bonds. The molecule has 1 aliphatic rings. The van der Waals surface area contributed by atoms with Crippen LogP contribution in [0.15, 0.2) is 18.2 Å². The molecule has 1 aliphatic heterocycles. The molecule has 0 spiro atoms. The highest BCUT2D eigenvalue weighted by atomic mass is 19.4. The lowest BCUT2D eigenvalue weighted by atomic mass is 9.89. The van der Waals surface area contributed by atoms with Gasteiger partial charge in [0, 0.05) is 0 Å². The van der Waals surface area contributed by atoms with E-state index < -0.39 is 17.6 Å². The first kappa shape index (κ1) is 13.3. The number of halogens is 4. The van der Waals surface area contributed by atoms with Gasteiger partial charge in [-0.2, -0.15) is 13.2 Å². The van der Waals surface area contributed by atoms with E-state index in [2.05, 4.69) is 4.90 Å². The summed E-state index contributed by atoms with van der Waals surface area (Å²) in [6.45, 7) is 1.79. The summed E-state index contributed by atoms with van der Waals surface area (Å²) in [7, 11) is 2.00. The van der Waals surface area contributed by atoms with Crippen LogP contribution in [0.2, 0.25) is 0 Å². The molecule has 1 aromatic rings. The highest BCUT2D eigenvalue weighted by Gasteiger charge is 2.34. The first-order valence-electron chi connectivity index (χ1n) is 5.93. The van der Waals surface area contributed by atoms with Crippen molar-refractivity contribution in [2.24, 2.45) is 0 Å². The number of likely N-dealkylation sites (tertiary alicyclic amines) is 1. The lowest BCUT2D eigenvalue weighted by Gasteiger charge is -2.29. The van der Waals surface area contributed by atoms with E-state index in [4.69, 9.17) is 0 Å². The molecule has 0 unspecified atom stereocenters. The van der Waals surface area contributed by atoms with Gasteiger partial charge >= 0.3 is 6.18 Å². The van der Waals surface area contributed by atoms with Gasteiger partial charge in [0.15, 0.2) is 0 Å². The molecule has 0 aliphatic carbocycles. The third-order valence-electron chi connectivity index (χ3n) is 3.49. The van der Waals surface area contributed by atoms with Crippen molar-refractivity contribution in [3.05, 3.63) is 35.1 Å². The zero-order chi connectivity index (χ0) is 13.3. The van der Waals surface area contributed by atoms with Gasteiger partial charge in [0.25, 0.3) is 0 Å². The largest absolute Gasteiger partial charge is 0.419 e. The molecule has 1 nitrogen and oxygen atoms in total. The molecule has 0 atom stereocenters. The lowest BCUT2D eigenvalue weighted by Crippen LogP contribution is -2.29. The minimum atomic E-state index is -4.62. The van der Waals surface area contributed by atoms with E-state index >= 15 is 0 Å². The molecule has 5 heteroatoms. The van der Waals surface area contributed by atoms with Crippen molar-refractivity contribution in [1.82, 2.24) is 4.90 Å². The molecule has 0 saturated carbocycles. The summed E-state index contributed by atoms with van der Waals surface area (Å²) in [4.78, 5) is 2.16. The minimum Gasteiger partial charge on any atom is -0.306 e. The highest BCUT2D eigenvalue weighted by Crippen LogP contribution is 2.34. The van der Waals surface area contributed by atoms with Crippen LogP contribution in [0.25, 0.3) is 0 Å². The SMILES string of the molecule is CN1CCC(c2ccc(C(F)(F)F)c(F)c2)CC1. The van der Waals surface area contributed by atoms with Crippen LogP contribution in [0.5, 0.6) is 0 Å². The molecule has 1 fully saturated rings. The van der Waals surface area contributed by atoms with Crippen LogP contribution in [0.1, 0.15) is 29.9 Å². The Labute approximate surface area is 103 Å². The smallest absolute Gasteiger partial charge is 0.306 e. The third kappa shape index (κ3) is 2.83. The van der Waals surface area contributed by atoms with Crippen LogP contribution in [0.4, 0.5) is 17.6 Å². The second kappa shape index (κ2) is 4.88. The van der Waals surface area contributed by atoms with Crippen LogP contribution in [0.3, 0.4) is 0 Å². The first-order valence-corrected chi connectivity index (χ1v) is 5.93. The third-order valence-corrected chi connectivity index (χ3v) is 3.49. The molecule has 18 heavy (non-hydrogen) atoms. The molecule has 0 aromatic heterocycles. The highest BCUT2D eigenvalue weighted by molar-refractivity contribution is 5.29. The quantitative estimate of drug-likeness (QED) is 0.697. The van der Waals surface area contributed by atoms with E-state index in [-0.39, 0.29) is 5.92 Å². The molecule has 0 N–H and O–H groups in total. The summed E-state index contributed by atoms with van der Waals surface area (Å²) >= 11 is 0. The van der Waals surface area contributed by atoms with Gasteiger partial charge in [-0.15, -0.1) is 0 Å². The van der Waals surface area contributed by atoms with Crippen molar-refractivity contribution < 1.29 is 17.6 Å². The van der Waals surface area contributed by atoms with Gasteiger partial charge in [-0.3, -0.25) is 0 Å². The normalized spacial score (nSPS) is 19.2. The number of hydrogen-bond acceptors (Lipinski definition) is 1. The van der Waals surface area contributed by atoms with Crippen LogP contribution >= 0.6 is 0 Å². The predicted molar refractivity (Wildman–Crippen MR) is 60.9 cm³/mol. The van der Waals surface area contributed by atoms with E-state index in [9.17, 15) is 17.6 Å². The van der Waals surface area contributed by atoms with Crippen molar-refractivity contribution in [2.75, 3.05) is 20.1 Å². The van der Waals surface area contributed by atoms with Gasteiger partial charge in [-0.05, 0) is 56.6 Å². The lowest BCUT2D eigenvalue weighted by molar-refractivity contribution is -0.140. The fourth-order valence-electron chi connectivity index (χ4n) is 2.36. The van der Waals surface area contributed by atoms with Crippen LogP contribution in [-0.4, -0.2) is 25.0 Å². The zero-order valence-electron chi connectivity index (χ0n) is 10.1. The summed E-state index contributed by atoms with van der Waals surface area (Å²) in [5.41, 5.74) is -0.507. The Morgan fingerprint density at radius 3 is 2.28 bits per heavy atom. The maximum absolute atomic E-state index is 13.4. The van der Waals surface area contributed by atoms with Gasteiger partial charge in [-0.25, -0.2) is 4.39 Å². The van der Waals surface area contributed by atoms with Crippen LogP contribution in [0, 0.1) is 5.82 Å². The number of nitrogens with zero attached hydrogens (tertiary/aromatic N) is 1. The van der Waals surface area contributed by atoms with Crippen molar-refractivity contribution in [1.29, 1.82) is 0 Å². The Bertz CT molecular complexity index is 419. The summed E-state index contributed by atoms with van der Waals surface area (Å²) < 4.78 is 50.7. The molecule has 100 valence electrons. The molecule has 0 radical (unpaired) electrons. The van der Waals surface area contributed by atoms with E-state index in [0.29, 0.717) is 5.56 Å². The van der Waals surface area contributed by atoms with E-state index in [1.165, 1.54) is 6.07 Å². The summed E-state index contributed by atoms with van der Waals surface area (Å²) in [6, 6.07) is 3.30. The first-order chi connectivity index (χ1) is 8.38. The van der Waals surface area contributed by atoms with Crippen LogP contribution < -0.4 is 0 Å². The van der Waals surface area contributed by atoms with Gasteiger partial charge in [0.05, 0.1) is 5.56 Å². The Balaban J connectivity index is 2.19. The predicted octanol–water partition coefficient (Wildman–Crippen LogP) is 3.65. The Morgan fingerprint density at radius 1 is 1.17 bits per heavy atom. The summed E-state index contributed by atoms with van der Waals surface area (Å²) in [6.07, 6.45) is -2.89. The number of benzene rings is 1. The van der Waals surface area contributed by atoms with Gasteiger partial charge < -0.3 is 4.90 Å². The monoisotopic (exact) mass is 261 g/mol. The fraction of sp³-hybridized carbons (Fsp3) is 0.538. The van der Waals surface area contributed by atoms with Crippen LogP contribution in [-0.2, 0) is 6.18 Å². The average molecular weight is 261 g/mol. The number of alkyl halides is 3. The summed E-state index contributed by atoms with van der Waals surface area (Å²) in [5.74, 6) is -1.00. The van der Waals surface area contributed by atoms with E-state index in [0.717, 1.165) is 38.1 Å². The molecule has 1 aromatic carbocycles. The topological polar surface area (TPSA) is 3.24 Å². The minimum absolute atomic E-state index is 0.165. The molecule has 1 heterocycles. The fourth-order valence-corrected chi connectivity index (χ4v) is 2.36. The average Bonchev–Trinajstić information content (AvgIpc) is 2.28. The second-order valence-corrected chi connectivity index (χ2v) is 4.81. The Hall–Kier alpha value is -1.10. The van der Waals surface area contributed by atoms with Gasteiger partial charge in [-0.1, -0.05) is 6.07 Å². The Morgan fingerprint density at radius 2 is 1.78 bits per heavy atom. The van der Waals surface area contributed by atoms with E-state index in [1.54, 1.807) is 0 Å². The zero-order valence-corrected chi connectivity index (χ0v) is 10.1. The number of piperidine rings is 1. The van der Waals surface area contributed by atoms with Crippen molar-refractivity contribution >= 4 is 0 Å². The molecule has 1 saturated heterocycles. The van der Waals surface area contributed by atoms with Crippen molar-refractivity contribution in [3.63, 3.8) is 0 Å². The maximum atomic E-state index is 13.4.